The monoisotopic (exact) mass is 290 g/mol. The lowest BCUT2D eigenvalue weighted by Gasteiger charge is -2.05. The lowest BCUT2D eigenvalue weighted by molar-refractivity contribution is 0.0518. The minimum atomic E-state index is -1.19. The zero-order valence-electron chi connectivity index (χ0n) is 11.6. The Balaban J connectivity index is 2.45. The molecule has 0 bridgehead atoms. The standard InChI is InChI=1S/C14H14N2O5/c1-3-21-14(19)11-8-12(13(17)18)16(15-11)9-4-6-10(20-2)7-5-9/h4-8H,3H2,1-2H3,(H,17,18). The van der Waals surface area contributed by atoms with Gasteiger partial charge < -0.3 is 14.6 Å². The predicted octanol–water partition coefficient (Wildman–Crippen LogP) is 1.76. The van der Waals surface area contributed by atoms with Crippen LogP contribution in [0, 0.1) is 0 Å². The van der Waals surface area contributed by atoms with E-state index in [2.05, 4.69) is 5.10 Å². The predicted molar refractivity (Wildman–Crippen MR) is 73.0 cm³/mol. The Labute approximate surface area is 120 Å². The van der Waals surface area contributed by atoms with Crippen molar-refractivity contribution in [3.05, 3.63) is 41.7 Å². The molecule has 0 fully saturated rings. The van der Waals surface area contributed by atoms with E-state index in [1.54, 1.807) is 31.2 Å². The molecule has 1 N–H and O–H groups in total. The van der Waals surface area contributed by atoms with E-state index in [4.69, 9.17) is 9.47 Å². The van der Waals surface area contributed by atoms with Crippen LogP contribution in [0.3, 0.4) is 0 Å². The second-order valence-electron chi connectivity index (χ2n) is 4.05. The van der Waals surface area contributed by atoms with Crippen LogP contribution in [0.1, 0.15) is 27.9 Å². The molecular formula is C14H14N2O5. The molecule has 1 aromatic carbocycles. The van der Waals surface area contributed by atoms with E-state index < -0.39 is 11.9 Å². The number of methoxy groups -OCH3 is 1. The van der Waals surface area contributed by atoms with Gasteiger partial charge in [0.25, 0.3) is 0 Å². The van der Waals surface area contributed by atoms with Gasteiger partial charge in [0.2, 0.25) is 0 Å². The van der Waals surface area contributed by atoms with Gasteiger partial charge in [-0.1, -0.05) is 0 Å². The van der Waals surface area contributed by atoms with Gasteiger partial charge in [-0.3, -0.25) is 0 Å². The summed E-state index contributed by atoms with van der Waals surface area (Å²) in [6, 6.07) is 7.82. The largest absolute Gasteiger partial charge is 0.497 e. The fourth-order valence-electron chi connectivity index (χ4n) is 1.76. The highest BCUT2D eigenvalue weighted by Crippen LogP contribution is 2.17. The van der Waals surface area contributed by atoms with Crippen LogP contribution in [0.25, 0.3) is 5.69 Å². The van der Waals surface area contributed by atoms with Crippen molar-refractivity contribution in [2.75, 3.05) is 13.7 Å². The van der Waals surface area contributed by atoms with Crippen molar-refractivity contribution < 1.29 is 24.2 Å². The molecule has 0 aliphatic carbocycles. The quantitative estimate of drug-likeness (QED) is 0.844. The summed E-state index contributed by atoms with van der Waals surface area (Å²) >= 11 is 0. The van der Waals surface area contributed by atoms with Gasteiger partial charge in [0, 0.05) is 6.07 Å². The summed E-state index contributed by atoms with van der Waals surface area (Å²) in [5.41, 5.74) is 0.331. The Morgan fingerprint density at radius 3 is 2.48 bits per heavy atom. The number of aromatic carboxylic acids is 1. The first-order valence-electron chi connectivity index (χ1n) is 6.21. The molecule has 0 unspecified atom stereocenters. The minimum absolute atomic E-state index is 0.0509. The summed E-state index contributed by atoms with van der Waals surface area (Å²) in [5, 5.41) is 13.2. The van der Waals surface area contributed by atoms with Gasteiger partial charge in [-0.25, -0.2) is 14.3 Å². The van der Waals surface area contributed by atoms with Crippen LogP contribution in [0.4, 0.5) is 0 Å². The Kier molecular flexibility index (Phi) is 4.22. The number of hydrogen-bond acceptors (Lipinski definition) is 5. The highest BCUT2D eigenvalue weighted by atomic mass is 16.5. The average Bonchev–Trinajstić information content (AvgIpc) is 2.93. The summed E-state index contributed by atoms with van der Waals surface area (Å²) in [4.78, 5) is 22.9. The smallest absolute Gasteiger partial charge is 0.358 e. The molecule has 21 heavy (non-hydrogen) atoms. The van der Waals surface area contributed by atoms with E-state index in [1.807, 2.05) is 0 Å². The molecule has 0 spiro atoms. The molecule has 0 saturated carbocycles. The van der Waals surface area contributed by atoms with Gasteiger partial charge in [0.1, 0.15) is 5.75 Å². The summed E-state index contributed by atoms with van der Waals surface area (Å²) in [7, 11) is 1.53. The molecule has 7 nitrogen and oxygen atoms in total. The maximum absolute atomic E-state index is 11.7. The van der Waals surface area contributed by atoms with Gasteiger partial charge in [-0.15, -0.1) is 0 Å². The van der Waals surface area contributed by atoms with Gasteiger partial charge in [0.15, 0.2) is 11.4 Å². The number of hydrogen-bond donors (Lipinski definition) is 1. The van der Waals surface area contributed by atoms with Crippen LogP contribution >= 0.6 is 0 Å². The Bertz CT molecular complexity index is 661. The minimum Gasteiger partial charge on any atom is -0.497 e. The Morgan fingerprint density at radius 2 is 1.95 bits per heavy atom. The van der Waals surface area contributed by atoms with Crippen LogP contribution < -0.4 is 4.74 Å². The second-order valence-corrected chi connectivity index (χ2v) is 4.05. The van der Waals surface area contributed by atoms with Gasteiger partial charge in [-0.05, 0) is 31.2 Å². The average molecular weight is 290 g/mol. The molecule has 0 saturated heterocycles. The fourth-order valence-corrected chi connectivity index (χ4v) is 1.76. The van der Waals surface area contributed by atoms with Crippen LogP contribution in [0.2, 0.25) is 0 Å². The number of nitrogens with zero attached hydrogens (tertiary/aromatic N) is 2. The van der Waals surface area contributed by atoms with Crippen LogP contribution in [-0.4, -0.2) is 40.5 Å². The van der Waals surface area contributed by atoms with Crippen molar-refractivity contribution in [3.63, 3.8) is 0 Å². The fraction of sp³-hybridized carbons (Fsp3) is 0.214. The summed E-state index contributed by atoms with van der Waals surface area (Å²) in [5.74, 6) is -1.21. The maximum Gasteiger partial charge on any atom is 0.358 e. The Hall–Kier alpha value is -2.83. The van der Waals surface area contributed by atoms with Crippen LogP contribution in [0.5, 0.6) is 5.75 Å². The molecule has 1 aromatic heterocycles. The zero-order valence-corrected chi connectivity index (χ0v) is 11.6. The number of ether oxygens (including phenoxy) is 2. The van der Waals surface area contributed by atoms with E-state index in [0.29, 0.717) is 11.4 Å². The van der Waals surface area contributed by atoms with Crippen molar-refractivity contribution in [2.45, 2.75) is 6.92 Å². The number of carboxylic acid groups (broad SMARTS) is 1. The molecule has 0 amide bonds. The van der Waals surface area contributed by atoms with E-state index in [1.165, 1.54) is 17.9 Å². The lowest BCUT2D eigenvalue weighted by Crippen LogP contribution is -2.09. The number of benzene rings is 1. The van der Waals surface area contributed by atoms with E-state index in [0.717, 1.165) is 0 Å². The van der Waals surface area contributed by atoms with Crippen molar-refractivity contribution in [3.8, 4) is 11.4 Å². The topological polar surface area (TPSA) is 90.7 Å². The molecule has 7 heteroatoms. The van der Waals surface area contributed by atoms with Crippen LogP contribution in [-0.2, 0) is 4.74 Å². The van der Waals surface area contributed by atoms with Gasteiger partial charge in [-0.2, -0.15) is 5.10 Å². The molecule has 0 atom stereocenters. The highest BCUT2D eigenvalue weighted by Gasteiger charge is 2.20. The van der Waals surface area contributed by atoms with E-state index >= 15 is 0 Å². The second kappa shape index (κ2) is 6.08. The number of carboxylic acids is 1. The van der Waals surface area contributed by atoms with Crippen molar-refractivity contribution in [1.29, 1.82) is 0 Å². The summed E-state index contributed by atoms with van der Waals surface area (Å²) in [6.45, 7) is 1.85. The van der Waals surface area contributed by atoms with Crippen molar-refractivity contribution in [1.82, 2.24) is 9.78 Å². The number of rotatable bonds is 5. The van der Waals surface area contributed by atoms with E-state index in [-0.39, 0.29) is 18.0 Å². The number of aromatic nitrogens is 2. The SMILES string of the molecule is CCOC(=O)c1cc(C(=O)O)n(-c2ccc(OC)cc2)n1. The molecular weight excluding hydrogens is 276 g/mol. The molecule has 0 aliphatic rings. The third kappa shape index (κ3) is 3.02. The number of esters is 1. The molecule has 2 rings (SSSR count). The van der Waals surface area contributed by atoms with Crippen LogP contribution in [0.15, 0.2) is 30.3 Å². The normalized spacial score (nSPS) is 10.2. The number of carbonyl (C=O) groups is 2. The number of carbonyl (C=O) groups excluding carboxylic acids is 1. The zero-order chi connectivity index (χ0) is 15.4. The van der Waals surface area contributed by atoms with Gasteiger partial charge >= 0.3 is 11.9 Å². The lowest BCUT2D eigenvalue weighted by atomic mass is 10.3. The first kappa shape index (κ1) is 14.6. The highest BCUT2D eigenvalue weighted by molar-refractivity contribution is 5.93. The third-order valence-electron chi connectivity index (χ3n) is 2.73. The van der Waals surface area contributed by atoms with Gasteiger partial charge in [0.05, 0.1) is 19.4 Å². The molecule has 110 valence electrons. The molecule has 2 aromatic rings. The summed E-state index contributed by atoms with van der Waals surface area (Å²) < 4.78 is 11.0. The first-order chi connectivity index (χ1) is 10.1. The van der Waals surface area contributed by atoms with Crippen molar-refractivity contribution >= 4 is 11.9 Å². The summed E-state index contributed by atoms with van der Waals surface area (Å²) in [6.07, 6.45) is 0. The molecule has 0 radical (unpaired) electrons. The van der Waals surface area contributed by atoms with Crippen molar-refractivity contribution in [2.24, 2.45) is 0 Å². The maximum atomic E-state index is 11.7. The Morgan fingerprint density at radius 1 is 1.29 bits per heavy atom. The molecule has 0 aliphatic heterocycles. The first-order valence-corrected chi connectivity index (χ1v) is 6.21. The molecule has 1 heterocycles. The van der Waals surface area contributed by atoms with E-state index in [9.17, 15) is 14.7 Å². The third-order valence-corrected chi connectivity index (χ3v) is 2.73.